The van der Waals surface area contributed by atoms with Crippen LogP contribution in [0, 0.1) is 5.82 Å². The maximum absolute atomic E-state index is 13.0. The molecule has 0 aliphatic carbocycles. The molecule has 0 saturated heterocycles. The zero-order valence-electron chi connectivity index (χ0n) is 15.1. The Bertz CT molecular complexity index is 1060. The molecule has 5 N–H and O–H groups in total. The summed E-state index contributed by atoms with van der Waals surface area (Å²) in [6.07, 6.45) is 0. The molecule has 0 aliphatic rings. The lowest BCUT2D eigenvalue weighted by molar-refractivity contribution is 0.379. The molecule has 29 heavy (non-hydrogen) atoms. The minimum Gasteiger partial charge on any atom is -0.443 e. The van der Waals surface area contributed by atoms with E-state index in [2.05, 4.69) is 4.72 Å². The Labute approximate surface area is 168 Å². The molecule has 0 saturated carbocycles. The van der Waals surface area contributed by atoms with E-state index in [1.165, 1.54) is 24.3 Å². The van der Waals surface area contributed by atoms with Crippen LogP contribution in [-0.2, 0) is 14.6 Å². The fourth-order valence-electron chi connectivity index (χ4n) is 2.48. The van der Waals surface area contributed by atoms with E-state index in [4.69, 9.17) is 10.3 Å². The molecule has 11 heteroatoms. The predicted octanol–water partition coefficient (Wildman–Crippen LogP) is 0.300. The third-order valence-electron chi connectivity index (χ3n) is 4.05. The highest BCUT2D eigenvalue weighted by Crippen LogP contribution is 2.15. The number of nitrogens with two attached hydrogens (primary N) is 1. The normalized spacial score (nSPS) is 11.1. The van der Waals surface area contributed by atoms with Gasteiger partial charge in [-0.05, 0) is 59.5 Å². The fraction of sp³-hybridized carbons (Fsp3) is 0. The molecule has 0 fully saturated rings. The molecule has 0 unspecified atom stereocenters. The van der Waals surface area contributed by atoms with Gasteiger partial charge in [-0.15, -0.1) is 0 Å². The molecule has 3 aromatic rings. The van der Waals surface area contributed by atoms with Gasteiger partial charge in [0.05, 0.1) is 4.90 Å². The van der Waals surface area contributed by atoms with Gasteiger partial charge >= 0.3 is 14.2 Å². The fourth-order valence-corrected chi connectivity index (χ4v) is 3.54. The molecule has 3 aromatic carbocycles. The molecule has 0 heterocycles. The number of benzene rings is 3. The second kappa shape index (κ2) is 8.66. The van der Waals surface area contributed by atoms with Crippen LogP contribution in [0.5, 0.6) is 0 Å². The average molecular weight is 414 g/mol. The first-order chi connectivity index (χ1) is 13.7. The first kappa shape index (κ1) is 20.9. The number of rotatable bonds is 7. The summed E-state index contributed by atoms with van der Waals surface area (Å²) in [5.74, 6) is -0.538. The summed E-state index contributed by atoms with van der Waals surface area (Å²) in [6.45, 7) is 0. The van der Waals surface area contributed by atoms with Crippen molar-refractivity contribution in [3.8, 4) is 0 Å². The van der Waals surface area contributed by atoms with Crippen molar-refractivity contribution in [3.63, 3.8) is 0 Å². The zero-order chi connectivity index (χ0) is 21.0. The number of nitrogen functional groups attached to an aromatic ring is 1. The number of halogens is 1. The lowest BCUT2D eigenvalue weighted by Crippen LogP contribution is -2.45. The van der Waals surface area contributed by atoms with Gasteiger partial charge in [0.15, 0.2) is 0 Å². The molecule has 0 amide bonds. The van der Waals surface area contributed by atoms with Crippen molar-refractivity contribution in [1.29, 1.82) is 0 Å². The Kier molecular flexibility index (Phi) is 6.23. The van der Waals surface area contributed by atoms with Crippen LogP contribution in [0.15, 0.2) is 77.7 Å². The van der Waals surface area contributed by atoms with E-state index in [1.807, 2.05) is 0 Å². The summed E-state index contributed by atoms with van der Waals surface area (Å²) in [5.41, 5.74) is 7.08. The summed E-state index contributed by atoms with van der Waals surface area (Å²) >= 11 is 0. The number of hydrogen-bond acceptors (Lipinski definition) is 6. The second-order valence-electron chi connectivity index (χ2n) is 6.19. The van der Waals surface area contributed by atoms with Crippen LogP contribution in [0.25, 0.3) is 0 Å². The second-order valence-corrected chi connectivity index (χ2v) is 7.87. The minimum absolute atomic E-state index is 0.0852. The van der Waals surface area contributed by atoms with Crippen molar-refractivity contribution in [2.24, 2.45) is 0 Å². The maximum atomic E-state index is 13.0. The summed E-state index contributed by atoms with van der Waals surface area (Å²) in [5, 5.41) is 20.2. The minimum atomic E-state index is -3.88. The predicted molar refractivity (Wildman–Crippen MR) is 111 cm³/mol. The monoisotopic (exact) mass is 414 g/mol. The Hall–Kier alpha value is -2.85. The van der Waals surface area contributed by atoms with Gasteiger partial charge < -0.3 is 20.4 Å². The molecule has 0 spiro atoms. The average Bonchev–Trinajstić information content (AvgIpc) is 2.69. The van der Waals surface area contributed by atoms with E-state index in [0.717, 1.165) is 24.3 Å². The first-order valence-corrected chi connectivity index (χ1v) is 9.98. The van der Waals surface area contributed by atoms with Crippen LogP contribution >= 0.6 is 0 Å². The van der Waals surface area contributed by atoms with Crippen LogP contribution in [0.4, 0.5) is 15.8 Å². The molecular weight excluding hydrogens is 397 g/mol. The van der Waals surface area contributed by atoms with Gasteiger partial charge in [-0.1, -0.05) is 24.3 Å². The number of nitrogens with one attached hydrogen (secondary N) is 1. The van der Waals surface area contributed by atoms with E-state index in [9.17, 15) is 22.9 Å². The topological polar surface area (TPSA) is 122 Å². The van der Waals surface area contributed by atoms with E-state index >= 15 is 0 Å². The molecular formula is C18H17B2FN2O5S. The smallest absolute Gasteiger partial charge is 0.443 e. The standard InChI is InChI=1S/C18H17B2FN2O5S/c21-15-5-11-18(12-6-15)29(26,27)23-17-9-3-14(4-10-17)20(25)28-19(24)13-1-7-16(22)8-2-13/h1-12,23-25H,22H2. The maximum Gasteiger partial charge on any atom is 0.477 e. The van der Waals surface area contributed by atoms with Crippen LogP contribution < -0.4 is 21.4 Å². The van der Waals surface area contributed by atoms with Crippen molar-refractivity contribution >= 4 is 46.6 Å². The van der Waals surface area contributed by atoms with Crippen LogP contribution in [0.1, 0.15) is 0 Å². The van der Waals surface area contributed by atoms with E-state index in [-0.39, 0.29) is 10.6 Å². The van der Waals surface area contributed by atoms with Gasteiger partial charge in [0.2, 0.25) is 0 Å². The van der Waals surface area contributed by atoms with Crippen molar-refractivity contribution < 1.29 is 27.4 Å². The Balaban J connectivity index is 1.66. The number of sulfonamides is 1. The van der Waals surface area contributed by atoms with Gasteiger partial charge in [0, 0.05) is 11.4 Å². The van der Waals surface area contributed by atoms with Gasteiger partial charge in [-0.2, -0.15) is 0 Å². The van der Waals surface area contributed by atoms with Crippen LogP contribution in [-0.4, -0.2) is 32.7 Å². The van der Waals surface area contributed by atoms with Gasteiger partial charge in [0.25, 0.3) is 10.0 Å². The Morgan fingerprint density at radius 2 is 1.31 bits per heavy atom. The quantitative estimate of drug-likeness (QED) is 0.326. The highest BCUT2D eigenvalue weighted by Gasteiger charge is 2.26. The highest BCUT2D eigenvalue weighted by atomic mass is 32.2. The summed E-state index contributed by atoms with van der Waals surface area (Å²) in [6, 6.07) is 16.5. The highest BCUT2D eigenvalue weighted by molar-refractivity contribution is 7.92. The summed E-state index contributed by atoms with van der Waals surface area (Å²) in [4.78, 5) is -0.0852. The van der Waals surface area contributed by atoms with E-state index in [1.54, 1.807) is 24.3 Å². The Morgan fingerprint density at radius 1 is 0.828 bits per heavy atom. The third-order valence-corrected chi connectivity index (χ3v) is 5.45. The molecule has 7 nitrogen and oxygen atoms in total. The van der Waals surface area contributed by atoms with Crippen LogP contribution in [0.3, 0.4) is 0 Å². The molecule has 0 aromatic heterocycles. The van der Waals surface area contributed by atoms with Crippen molar-refractivity contribution in [3.05, 3.63) is 78.6 Å². The lowest BCUT2D eigenvalue weighted by atomic mass is 9.71. The summed E-state index contributed by atoms with van der Waals surface area (Å²) in [7, 11) is -6.69. The number of anilines is 2. The van der Waals surface area contributed by atoms with Crippen LogP contribution in [0.2, 0.25) is 0 Å². The molecule has 0 bridgehead atoms. The zero-order valence-corrected chi connectivity index (χ0v) is 15.9. The SMILES string of the molecule is Nc1ccc(B(O)OB(O)c2ccc(NS(=O)(=O)c3ccc(F)cc3)cc2)cc1. The van der Waals surface area contributed by atoms with Crippen molar-refractivity contribution in [1.82, 2.24) is 0 Å². The molecule has 148 valence electrons. The largest absolute Gasteiger partial charge is 0.477 e. The van der Waals surface area contributed by atoms with E-state index in [0.29, 0.717) is 16.6 Å². The van der Waals surface area contributed by atoms with Crippen molar-refractivity contribution in [2.45, 2.75) is 4.90 Å². The van der Waals surface area contributed by atoms with Gasteiger partial charge in [-0.3, -0.25) is 4.72 Å². The molecule has 0 atom stereocenters. The summed E-state index contributed by atoms with van der Waals surface area (Å²) < 4.78 is 45.1. The third kappa shape index (κ3) is 5.36. The molecule has 0 aliphatic heterocycles. The van der Waals surface area contributed by atoms with Gasteiger partial charge in [-0.25, -0.2) is 12.8 Å². The first-order valence-electron chi connectivity index (χ1n) is 8.50. The lowest BCUT2D eigenvalue weighted by Gasteiger charge is -2.13. The van der Waals surface area contributed by atoms with Crippen molar-refractivity contribution in [2.75, 3.05) is 10.5 Å². The molecule has 3 rings (SSSR count). The number of hydrogen-bond donors (Lipinski definition) is 4. The van der Waals surface area contributed by atoms with E-state index < -0.39 is 30.1 Å². The van der Waals surface area contributed by atoms with Gasteiger partial charge in [0.1, 0.15) is 5.82 Å². The Morgan fingerprint density at radius 3 is 1.83 bits per heavy atom. The molecule has 0 radical (unpaired) electrons.